The largest absolute Gasteiger partial charge is 0.481 e. The number of hydrogen-bond acceptors (Lipinski definition) is 7. The van der Waals surface area contributed by atoms with Crippen molar-refractivity contribution in [2.24, 2.45) is 11.5 Å². The van der Waals surface area contributed by atoms with Crippen LogP contribution in [0.15, 0.2) is 0 Å². The molecule has 0 aromatic rings. The van der Waals surface area contributed by atoms with Gasteiger partial charge in [-0.15, -0.1) is 0 Å². The van der Waals surface area contributed by atoms with E-state index in [1.165, 1.54) is 0 Å². The lowest BCUT2D eigenvalue weighted by atomic mass is 10.0. The number of Topliss-reactive ketones (excluding diaryl/α,β-unsaturated/α-hetero) is 1. The molecule has 1 unspecified atom stereocenters. The summed E-state index contributed by atoms with van der Waals surface area (Å²) >= 11 is 3.88. The Hall–Kier alpha value is -1.65. The zero-order chi connectivity index (χ0) is 15.9. The van der Waals surface area contributed by atoms with E-state index in [2.05, 4.69) is 12.6 Å². The maximum absolute atomic E-state index is 11.8. The first-order chi connectivity index (χ1) is 9.16. The molecule has 3 atom stereocenters. The van der Waals surface area contributed by atoms with E-state index in [0.717, 1.165) is 0 Å². The number of nitrogens with two attached hydrogens (primary N) is 2. The van der Waals surface area contributed by atoms with Crippen LogP contribution < -0.4 is 16.8 Å². The van der Waals surface area contributed by atoms with Crippen molar-refractivity contribution in [3.8, 4) is 0 Å². The predicted molar refractivity (Wildman–Crippen MR) is 71.2 cm³/mol. The minimum Gasteiger partial charge on any atom is -0.481 e. The average Bonchev–Trinajstić information content (AvgIpc) is 2.39. The molecule has 1 amide bonds. The molecular weight excluding hydrogens is 290 g/mol. The molecular formula is C10H17N3O6S. The number of carboxylic acids is 2. The Morgan fingerprint density at radius 1 is 1.10 bits per heavy atom. The predicted octanol–water partition coefficient (Wildman–Crippen LogP) is -2.43. The van der Waals surface area contributed by atoms with Crippen LogP contribution in [0.25, 0.3) is 0 Å². The lowest BCUT2D eigenvalue weighted by Gasteiger charge is -2.20. The Morgan fingerprint density at radius 2 is 1.65 bits per heavy atom. The number of hydrogen-bond donors (Lipinski definition) is 6. The first-order valence-corrected chi connectivity index (χ1v) is 6.12. The molecule has 0 fully saturated rings. The van der Waals surface area contributed by atoms with Crippen LogP contribution in [0.3, 0.4) is 0 Å². The van der Waals surface area contributed by atoms with E-state index in [0.29, 0.717) is 0 Å². The first-order valence-electron chi connectivity index (χ1n) is 5.61. The Kier molecular flexibility index (Phi) is 7.80. The van der Waals surface area contributed by atoms with Gasteiger partial charge in [0.2, 0.25) is 5.91 Å². The second kappa shape index (κ2) is 8.51. The van der Waals surface area contributed by atoms with Crippen molar-refractivity contribution in [2.75, 3.05) is 6.54 Å². The minimum atomic E-state index is -1.37. The van der Waals surface area contributed by atoms with Crippen LogP contribution in [0.4, 0.5) is 0 Å². The van der Waals surface area contributed by atoms with Crippen LogP contribution >= 0.6 is 12.6 Å². The lowest BCUT2D eigenvalue weighted by Crippen LogP contribution is -2.53. The molecule has 0 radical (unpaired) electrons. The van der Waals surface area contributed by atoms with Gasteiger partial charge >= 0.3 is 11.9 Å². The van der Waals surface area contributed by atoms with Gasteiger partial charge in [0.15, 0.2) is 5.78 Å². The highest BCUT2D eigenvalue weighted by molar-refractivity contribution is 7.82. The summed E-state index contributed by atoms with van der Waals surface area (Å²) in [6, 6.07) is -2.48. The molecule has 0 saturated carbocycles. The number of nitrogens with one attached hydrogen (secondary N) is 1. The van der Waals surface area contributed by atoms with Gasteiger partial charge in [0.05, 0.1) is 11.3 Å². The quantitative estimate of drug-likeness (QED) is 0.255. The number of carbonyl (C=O) groups is 4. The van der Waals surface area contributed by atoms with Crippen LogP contribution in [0.1, 0.15) is 12.8 Å². The maximum Gasteiger partial charge on any atom is 0.322 e. The lowest BCUT2D eigenvalue weighted by molar-refractivity contribution is -0.138. The molecule has 0 rings (SSSR count). The van der Waals surface area contributed by atoms with Crippen LogP contribution in [0, 0.1) is 0 Å². The summed E-state index contributed by atoms with van der Waals surface area (Å²) < 4.78 is 0. The summed E-state index contributed by atoms with van der Waals surface area (Å²) in [6.07, 6.45) is -0.400. The zero-order valence-corrected chi connectivity index (χ0v) is 11.4. The average molecular weight is 307 g/mol. The van der Waals surface area contributed by atoms with Gasteiger partial charge in [-0.1, -0.05) is 0 Å². The van der Waals surface area contributed by atoms with Crippen molar-refractivity contribution in [2.45, 2.75) is 30.2 Å². The number of rotatable bonds is 9. The highest BCUT2D eigenvalue weighted by Crippen LogP contribution is 2.08. The van der Waals surface area contributed by atoms with Crippen molar-refractivity contribution >= 4 is 36.3 Å². The van der Waals surface area contributed by atoms with E-state index in [1.54, 1.807) is 0 Å². The highest BCUT2D eigenvalue weighted by atomic mass is 32.1. The van der Waals surface area contributed by atoms with Gasteiger partial charge < -0.3 is 27.0 Å². The zero-order valence-electron chi connectivity index (χ0n) is 10.5. The molecule has 0 bridgehead atoms. The molecule has 0 aliphatic heterocycles. The monoisotopic (exact) mass is 307 g/mol. The van der Waals surface area contributed by atoms with Crippen LogP contribution in [0.5, 0.6) is 0 Å². The molecule has 114 valence electrons. The number of carboxylic acid groups (broad SMARTS) is 2. The molecule has 7 N–H and O–H groups in total. The van der Waals surface area contributed by atoms with Crippen molar-refractivity contribution < 1.29 is 29.4 Å². The number of carbonyl (C=O) groups excluding carboxylic acids is 2. The van der Waals surface area contributed by atoms with E-state index in [-0.39, 0.29) is 12.8 Å². The van der Waals surface area contributed by atoms with Crippen molar-refractivity contribution in [1.82, 2.24) is 5.32 Å². The molecule has 0 spiro atoms. The van der Waals surface area contributed by atoms with Crippen LogP contribution in [-0.2, 0) is 19.2 Å². The summed E-state index contributed by atoms with van der Waals surface area (Å²) in [5.41, 5.74) is 11.0. The molecule has 9 nitrogen and oxygen atoms in total. The van der Waals surface area contributed by atoms with Crippen molar-refractivity contribution in [3.63, 3.8) is 0 Å². The maximum atomic E-state index is 11.8. The topological polar surface area (TPSA) is 173 Å². The van der Waals surface area contributed by atoms with E-state index in [1.807, 2.05) is 5.32 Å². The molecule has 0 heterocycles. The Morgan fingerprint density at radius 3 is 2.10 bits per heavy atom. The summed E-state index contributed by atoms with van der Waals surface area (Å²) in [7, 11) is 0. The summed E-state index contributed by atoms with van der Waals surface area (Å²) in [5, 5.41) is 17.6. The van der Waals surface area contributed by atoms with Gasteiger partial charge in [-0.25, -0.2) is 0 Å². The van der Waals surface area contributed by atoms with Gasteiger partial charge in [0.1, 0.15) is 12.6 Å². The number of thiol groups is 1. The van der Waals surface area contributed by atoms with E-state index < -0.39 is 47.5 Å². The van der Waals surface area contributed by atoms with Crippen molar-refractivity contribution in [1.29, 1.82) is 0 Å². The Balaban J connectivity index is 4.43. The molecule has 0 aliphatic carbocycles. The smallest absolute Gasteiger partial charge is 0.322 e. The minimum absolute atomic E-state index is 0.102. The molecule has 10 heteroatoms. The highest BCUT2D eigenvalue weighted by Gasteiger charge is 2.31. The molecule has 0 aromatic carbocycles. The molecule has 20 heavy (non-hydrogen) atoms. The Bertz CT molecular complexity index is 402. The van der Waals surface area contributed by atoms with Gasteiger partial charge in [-0.3, -0.25) is 19.2 Å². The fraction of sp³-hybridized carbons (Fsp3) is 0.600. The van der Waals surface area contributed by atoms with Gasteiger partial charge in [-0.05, 0) is 6.42 Å². The van der Waals surface area contributed by atoms with Crippen LogP contribution in [-0.4, -0.2) is 57.7 Å². The summed E-state index contributed by atoms with van der Waals surface area (Å²) in [4.78, 5) is 43.8. The third-order valence-electron chi connectivity index (χ3n) is 2.38. The van der Waals surface area contributed by atoms with E-state index >= 15 is 0 Å². The fourth-order valence-corrected chi connectivity index (χ4v) is 1.57. The molecule has 0 aromatic heterocycles. The Labute approximate surface area is 120 Å². The first kappa shape index (κ1) is 18.4. The van der Waals surface area contributed by atoms with Gasteiger partial charge in [-0.2, -0.15) is 12.6 Å². The normalized spacial score (nSPS) is 14.9. The van der Waals surface area contributed by atoms with Crippen LogP contribution in [0.2, 0.25) is 0 Å². The van der Waals surface area contributed by atoms with Crippen molar-refractivity contribution in [3.05, 3.63) is 0 Å². The standard InChI is InChI=1S/C10H17N3O6S/c11-4(1-2-5(14)15)8(18)9(20)7(12)10(19)13-3-6(16)17/h4,7,9,20H,1-3,11-12H2,(H,13,19)(H,14,15)(H,16,17)/t4-,7-,9?/m0/s1. The van der Waals surface area contributed by atoms with Gasteiger partial charge in [0, 0.05) is 6.42 Å². The second-order valence-corrected chi connectivity index (χ2v) is 4.58. The number of aliphatic carboxylic acids is 2. The number of amides is 1. The molecule has 0 aliphatic rings. The SMILES string of the molecule is N[C@H](C(=O)NCC(=O)O)C(S)C(=O)[C@@H](N)CCC(=O)O. The molecule has 0 saturated heterocycles. The summed E-state index contributed by atoms with van der Waals surface area (Å²) in [6.45, 7) is -0.633. The third kappa shape index (κ3) is 6.50. The van der Waals surface area contributed by atoms with E-state index in [4.69, 9.17) is 21.7 Å². The second-order valence-electron chi connectivity index (χ2n) is 4.02. The summed E-state index contributed by atoms with van der Waals surface area (Å²) in [5.74, 6) is -3.89. The van der Waals surface area contributed by atoms with E-state index in [9.17, 15) is 19.2 Å². The fourth-order valence-electron chi connectivity index (χ4n) is 1.24. The number of ketones is 1. The van der Waals surface area contributed by atoms with Gasteiger partial charge in [0.25, 0.3) is 0 Å². The third-order valence-corrected chi connectivity index (χ3v) is 2.96.